The topological polar surface area (TPSA) is 240 Å². The van der Waals surface area contributed by atoms with E-state index in [0.717, 1.165) is 22.3 Å². The molecule has 14 N–H and O–H groups in total. The highest BCUT2D eigenvalue weighted by Gasteiger charge is 2.04. The van der Waals surface area contributed by atoms with Gasteiger partial charge in [0.1, 0.15) is 34.8 Å². The van der Waals surface area contributed by atoms with Crippen molar-refractivity contribution in [3.63, 3.8) is 0 Å². The SMILES string of the molecule is N=C(N)c1cc(C=Cc2ccc(O)cc2)cc(C(=N)N)c1.N=C(N)c1ccc(C=Cc2cc(O)cc(C(=N)N)c2)cc1. The van der Waals surface area contributed by atoms with Gasteiger partial charge in [0, 0.05) is 22.3 Å². The molecule has 0 saturated carbocycles. The minimum absolute atomic E-state index is 0.0320. The summed E-state index contributed by atoms with van der Waals surface area (Å²) in [6, 6.07) is 23.9. The highest BCUT2D eigenvalue weighted by molar-refractivity contribution is 6.01. The van der Waals surface area contributed by atoms with Crippen LogP contribution in [-0.4, -0.2) is 33.6 Å². The number of nitrogen functional groups attached to an aromatic ring is 4. The van der Waals surface area contributed by atoms with E-state index in [-0.39, 0.29) is 34.8 Å². The summed E-state index contributed by atoms with van der Waals surface area (Å²) in [7, 11) is 0. The molecule has 10 nitrogen and oxygen atoms in total. The number of hydrogen-bond acceptors (Lipinski definition) is 6. The van der Waals surface area contributed by atoms with Crippen molar-refractivity contribution in [1.82, 2.24) is 0 Å². The van der Waals surface area contributed by atoms with Crippen molar-refractivity contribution in [1.29, 1.82) is 21.6 Å². The van der Waals surface area contributed by atoms with Crippen LogP contribution < -0.4 is 22.9 Å². The third kappa shape index (κ3) is 8.95. The van der Waals surface area contributed by atoms with Crippen molar-refractivity contribution in [2.45, 2.75) is 0 Å². The molecule has 0 aliphatic heterocycles. The third-order valence-electron chi connectivity index (χ3n) is 5.88. The molecular weight excluding hydrogens is 528 g/mol. The van der Waals surface area contributed by atoms with Gasteiger partial charge in [0.05, 0.1) is 0 Å². The first-order valence-corrected chi connectivity index (χ1v) is 12.5. The molecule has 4 aromatic rings. The summed E-state index contributed by atoms with van der Waals surface area (Å²) in [4.78, 5) is 0. The lowest BCUT2D eigenvalue weighted by Gasteiger charge is -2.05. The molecule has 10 heteroatoms. The molecular formula is C32H32N8O2. The quantitative estimate of drug-likeness (QED) is 0.0856. The lowest BCUT2D eigenvalue weighted by atomic mass is 10.0. The van der Waals surface area contributed by atoms with Crippen molar-refractivity contribution in [2.24, 2.45) is 22.9 Å². The molecule has 0 radical (unpaired) electrons. The van der Waals surface area contributed by atoms with E-state index in [0.29, 0.717) is 22.3 Å². The first kappa shape index (κ1) is 30.4. The van der Waals surface area contributed by atoms with Crippen LogP contribution in [0.5, 0.6) is 11.5 Å². The molecule has 0 spiro atoms. The minimum Gasteiger partial charge on any atom is -0.508 e. The smallest absolute Gasteiger partial charge is 0.122 e. The lowest BCUT2D eigenvalue weighted by Crippen LogP contribution is -2.15. The van der Waals surface area contributed by atoms with Gasteiger partial charge in [0.25, 0.3) is 0 Å². The van der Waals surface area contributed by atoms with Crippen molar-refractivity contribution >= 4 is 47.6 Å². The van der Waals surface area contributed by atoms with Crippen molar-refractivity contribution in [3.8, 4) is 11.5 Å². The van der Waals surface area contributed by atoms with Crippen molar-refractivity contribution < 1.29 is 10.2 Å². The number of benzene rings is 4. The fourth-order valence-electron chi connectivity index (χ4n) is 3.69. The molecule has 0 heterocycles. The number of hydrogen-bond donors (Lipinski definition) is 10. The highest BCUT2D eigenvalue weighted by atomic mass is 16.3. The summed E-state index contributed by atoms with van der Waals surface area (Å²) >= 11 is 0. The molecule has 4 aromatic carbocycles. The Morgan fingerprint density at radius 1 is 0.405 bits per heavy atom. The van der Waals surface area contributed by atoms with Gasteiger partial charge < -0.3 is 33.1 Å². The van der Waals surface area contributed by atoms with Crippen molar-refractivity contribution in [2.75, 3.05) is 0 Å². The first-order valence-electron chi connectivity index (χ1n) is 12.5. The van der Waals surface area contributed by atoms with E-state index in [1.54, 1.807) is 66.7 Å². The molecule has 0 aliphatic rings. The second-order valence-corrected chi connectivity index (χ2v) is 9.19. The monoisotopic (exact) mass is 560 g/mol. The van der Waals surface area contributed by atoms with Gasteiger partial charge in [0.15, 0.2) is 0 Å². The van der Waals surface area contributed by atoms with Crippen molar-refractivity contribution in [3.05, 3.63) is 129 Å². The maximum atomic E-state index is 9.61. The van der Waals surface area contributed by atoms with Crippen LogP contribution >= 0.6 is 0 Å². The summed E-state index contributed by atoms with van der Waals surface area (Å²) < 4.78 is 0. The molecule has 4 rings (SSSR count). The van der Waals surface area contributed by atoms with Gasteiger partial charge >= 0.3 is 0 Å². The molecule has 0 aliphatic carbocycles. The molecule has 0 saturated heterocycles. The van der Waals surface area contributed by atoms with Crippen LogP contribution in [0.4, 0.5) is 0 Å². The Morgan fingerprint density at radius 3 is 1.19 bits per heavy atom. The Kier molecular flexibility index (Phi) is 9.96. The summed E-state index contributed by atoms with van der Waals surface area (Å²) in [5.74, 6) is 0.0737. The van der Waals surface area contributed by atoms with Crippen LogP contribution in [0.25, 0.3) is 24.3 Å². The van der Waals surface area contributed by atoms with Crippen LogP contribution in [0.15, 0.2) is 84.9 Å². The van der Waals surface area contributed by atoms with Crippen LogP contribution in [0, 0.1) is 21.6 Å². The zero-order valence-corrected chi connectivity index (χ0v) is 22.6. The van der Waals surface area contributed by atoms with Gasteiger partial charge in [-0.25, -0.2) is 0 Å². The molecule has 0 unspecified atom stereocenters. The second-order valence-electron chi connectivity index (χ2n) is 9.19. The molecule has 0 fully saturated rings. The third-order valence-corrected chi connectivity index (χ3v) is 5.88. The van der Waals surface area contributed by atoms with Crippen LogP contribution in [0.1, 0.15) is 44.5 Å². The number of phenolic OH excluding ortho intramolecular Hbond substituents is 2. The van der Waals surface area contributed by atoms with Gasteiger partial charge in [-0.15, -0.1) is 0 Å². The van der Waals surface area contributed by atoms with Crippen LogP contribution in [0.3, 0.4) is 0 Å². The zero-order valence-electron chi connectivity index (χ0n) is 22.6. The summed E-state index contributed by atoms with van der Waals surface area (Å²) in [5.41, 5.74) is 27.4. The number of nitrogens with one attached hydrogen (secondary N) is 4. The Morgan fingerprint density at radius 2 is 0.762 bits per heavy atom. The predicted molar refractivity (Wildman–Crippen MR) is 171 cm³/mol. The fourth-order valence-corrected chi connectivity index (χ4v) is 3.69. The van der Waals surface area contributed by atoms with Crippen LogP contribution in [-0.2, 0) is 0 Å². The summed E-state index contributed by atoms with van der Waals surface area (Å²) in [5, 5.41) is 48.6. The Balaban J connectivity index is 0.000000230. The predicted octanol–water partition coefficient (Wildman–Crippen LogP) is 4.26. The van der Waals surface area contributed by atoms with E-state index >= 15 is 0 Å². The van der Waals surface area contributed by atoms with Crippen LogP contribution in [0.2, 0.25) is 0 Å². The first-order chi connectivity index (χ1) is 19.9. The average molecular weight is 561 g/mol. The van der Waals surface area contributed by atoms with Gasteiger partial charge in [-0.2, -0.15) is 0 Å². The van der Waals surface area contributed by atoms with Gasteiger partial charge in [-0.05, 0) is 70.8 Å². The van der Waals surface area contributed by atoms with E-state index in [9.17, 15) is 10.2 Å². The average Bonchev–Trinajstić information content (AvgIpc) is 2.96. The largest absolute Gasteiger partial charge is 0.508 e. The standard InChI is InChI=1S/2C16H16N4O/c17-15(18)12-7-11(8-13(9-12)16(19)20)2-1-10-3-5-14(21)6-4-10;17-15(18)12-5-3-10(4-6-12)1-2-11-7-13(16(19)20)9-14(21)8-11/h2*1-9,21H,(H3,17,18)(H3,19,20). The maximum Gasteiger partial charge on any atom is 0.122 e. The Bertz CT molecular complexity index is 1660. The fraction of sp³-hybridized carbons (Fsp3) is 0. The molecule has 0 amide bonds. The number of nitrogens with two attached hydrogens (primary N) is 4. The summed E-state index contributed by atoms with van der Waals surface area (Å²) in [6.45, 7) is 0. The second kappa shape index (κ2) is 13.8. The number of amidine groups is 4. The zero-order chi connectivity index (χ0) is 30.8. The van der Waals surface area contributed by atoms with E-state index in [4.69, 9.17) is 44.6 Å². The molecule has 42 heavy (non-hydrogen) atoms. The Labute approximate surface area is 243 Å². The summed E-state index contributed by atoms with van der Waals surface area (Å²) in [6.07, 6.45) is 7.38. The maximum absolute atomic E-state index is 9.61. The minimum atomic E-state index is -0.0913. The van der Waals surface area contributed by atoms with Gasteiger partial charge in [-0.3, -0.25) is 21.6 Å². The molecule has 0 atom stereocenters. The molecule has 0 aromatic heterocycles. The van der Waals surface area contributed by atoms with Gasteiger partial charge in [-0.1, -0.05) is 60.7 Å². The number of aromatic hydroxyl groups is 2. The highest BCUT2D eigenvalue weighted by Crippen LogP contribution is 2.18. The normalized spacial score (nSPS) is 10.7. The number of phenols is 2. The number of rotatable bonds is 8. The van der Waals surface area contributed by atoms with E-state index in [1.807, 2.05) is 36.4 Å². The molecule has 0 bridgehead atoms. The van der Waals surface area contributed by atoms with E-state index < -0.39 is 0 Å². The Hall–Kier alpha value is -6.16. The molecule has 212 valence electrons. The van der Waals surface area contributed by atoms with E-state index in [2.05, 4.69) is 0 Å². The lowest BCUT2D eigenvalue weighted by molar-refractivity contribution is 0.474. The van der Waals surface area contributed by atoms with E-state index in [1.165, 1.54) is 6.07 Å². The van der Waals surface area contributed by atoms with Gasteiger partial charge in [0.2, 0.25) is 0 Å².